The predicted octanol–water partition coefficient (Wildman–Crippen LogP) is 7.57. The van der Waals surface area contributed by atoms with Gasteiger partial charge in [0.25, 0.3) is 0 Å². The van der Waals surface area contributed by atoms with Crippen LogP contribution in [0.3, 0.4) is 0 Å². The maximum absolute atomic E-state index is 13.8. The van der Waals surface area contributed by atoms with Crippen molar-refractivity contribution in [3.63, 3.8) is 0 Å². The van der Waals surface area contributed by atoms with E-state index in [2.05, 4.69) is 109 Å². The van der Waals surface area contributed by atoms with Gasteiger partial charge in [0.2, 0.25) is 0 Å². The Morgan fingerprint density at radius 3 is 1.94 bits per heavy atom. The molecular formula is C47H86O12Si3. The highest BCUT2D eigenvalue weighted by molar-refractivity contribution is 6.75. The molecule has 6 rings (SSSR count). The molecule has 5 fully saturated rings. The van der Waals surface area contributed by atoms with Crippen LogP contribution in [0.1, 0.15) is 121 Å². The number of ether oxygens (including phenoxy) is 3. The third-order valence-electron chi connectivity index (χ3n) is 18.8. The van der Waals surface area contributed by atoms with Gasteiger partial charge in [-0.15, -0.1) is 0 Å². The number of aliphatic hydroxyl groups is 5. The van der Waals surface area contributed by atoms with Gasteiger partial charge in [0.1, 0.15) is 24.9 Å². The number of hydrogen-bond donors (Lipinski definition) is 5. The van der Waals surface area contributed by atoms with Crippen LogP contribution in [0.25, 0.3) is 0 Å². The Labute approximate surface area is 376 Å². The van der Waals surface area contributed by atoms with Crippen LogP contribution in [-0.2, 0) is 32.3 Å². The zero-order chi connectivity index (χ0) is 46.8. The summed E-state index contributed by atoms with van der Waals surface area (Å²) in [6, 6.07) is 0. The van der Waals surface area contributed by atoms with Gasteiger partial charge in [0.15, 0.2) is 31.2 Å². The monoisotopic (exact) mass is 927 g/mol. The minimum Gasteiger partial charge on any atom is -0.458 e. The normalized spacial score (nSPS) is 43.4. The number of hydrogen-bond acceptors (Lipinski definition) is 12. The number of cyclic esters (lactones) is 1. The van der Waals surface area contributed by atoms with Crippen LogP contribution >= 0.6 is 0 Å². The molecule has 358 valence electrons. The summed E-state index contributed by atoms with van der Waals surface area (Å²) < 4.78 is 40.1. The van der Waals surface area contributed by atoms with Crippen LogP contribution in [0.2, 0.25) is 54.4 Å². The highest BCUT2D eigenvalue weighted by Gasteiger charge is 2.76. The third-order valence-corrected chi connectivity index (χ3v) is 32.3. The van der Waals surface area contributed by atoms with Gasteiger partial charge in [0.05, 0.1) is 41.0 Å². The van der Waals surface area contributed by atoms with Gasteiger partial charge < -0.3 is 53.0 Å². The molecular weight excluding hydrogens is 841 g/mol. The van der Waals surface area contributed by atoms with E-state index >= 15 is 0 Å². The maximum Gasteiger partial charge on any atom is 0.331 e. The zero-order valence-corrected chi connectivity index (χ0v) is 44.4. The summed E-state index contributed by atoms with van der Waals surface area (Å²) in [6.45, 7) is 36.8. The second-order valence-electron chi connectivity index (χ2n) is 25.4. The number of carbonyl (C=O) groups excluding carboxylic acids is 1. The van der Waals surface area contributed by atoms with Crippen molar-refractivity contribution < 1.29 is 57.8 Å². The molecule has 0 spiro atoms. The SMILES string of the molecule is C[C@@H]1O[C@@H](O[C@H]2C[C@@H](O[Si](C)(C)C(C)(C)C)[C@]3(CO[Si](C)(C)C(C)(C)C)[C@H]4[C@H](O)C[C@]5(C)[C@@H](C6=CC(=O)OC6)CC[C@]5(O)[C@@H]4CC[C@]3(O)C2)[C@H](O)[C@H](O[Si](C)(C)C(C)(C)C)[C@H]1O. The third kappa shape index (κ3) is 8.30. The molecule has 0 unspecified atom stereocenters. The van der Waals surface area contributed by atoms with Gasteiger partial charge in [-0.1, -0.05) is 69.2 Å². The summed E-state index contributed by atoms with van der Waals surface area (Å²) in [7, 11) is -7.58. The van der Waals surface area contributed by atoms with Crippen molar-refractivity contribution in [1.29, 1.82) is 0 Å². The van der Waals surface area contributed by atoms with E-state index in [1.807, 2.05) is 0 Å². The smallest absolute Gasteiger partial charge is 0.331 e. The lowest BCUT2D eigenvalue weighted by molar-refractivity contribution is -0.339. The first-order valence-electron chi connectivity index (χ1n) is 23.7. The first-order chi connectivity index (χ1) is 28.0. The number of carbonyl (C=O) groups is 1. The molecule has 62 heavy (non-hydrogen) atoms. The van der Waals surface area contributed by atoms with Crippen molar-refractivity contribution in [2.75, 3.05) is 13.2 Å². The first kappa shape index (κ1) is 50.9. The Bertz CT molecular complexity index is 1700. The predicted molar refractivity (Wildman–Crippen MR) is 247 cm³/mol. The molecule has 6 aliphatic rings. The summed E-state index contributed by atoms with van der Waals surface area (Å²) in [4.78, 5) is 12.3. The van der Waals surface area contributed by atoms with Crippen LogP contribution in [0, 0.1) is 28.6 Å². The Balaban J connectivity index is 1.45. The minimum absolute atomic E-state index is 0.134. The van der Waals surface area contributed by atoms with Gasteiger partial charge in [-0.2, -0.15) is 0 Å². The van der Waals surface area contributed by atoms with E-state index in [-0.39, 0.29) is 53.1 Å². The summed E-state index contributed by atoms with van der Waals surface area (Å²) in [5, 5.41) is 63.0. The molecule has 4 aliphatic carbocycles. The van der Waals surface area contributed by atoms with Gasteiger partial charge >= 0.3 is 5.97 Å². The van der Waals surface area contributed by atoms with Gasteiger partial charge in [-0.3, -0.25) is 0 Å². The molecule has 15 heteroatoms. The summed E-state index contributed by atoms with van der Waals surface area (Å²) >= 11 is 0. The standard InChI is InChI=1S/C47H86O12Si3/c1-28-37(50)39(59-62(16,17)43(8,9)10)38(51)40(56-28)57-30-23-34(58-61(14,15)42(5,6)7)46(27-55-60(12,13)41(2,3)4)36-32(18-20-45(46,52)24-30)47(53)21-19-31(29-22-35(49)54-26-29)44(47,11)25-33(36)48/h22,28,30-34,36-40,48,50-53H,18-21,23-27H2,1-17H3/t28-,30-,31+,32+,33+,34+,36+,37-,38+,39+,40-,44+,45-,46+,47-/m0/s1. The van der Waals surface area contributed by atoms with E-state index in [4.69, 9.17) is 27.5 Å². The molecule has 4 saturated carbocycles. The summed E-state index contributed by atoms with van der Waals surface area (Å²) in [6.07, 6.45) is -3.08. The molecule has 0 aromatic carbocycles. The lowest BCUT2D eigenvalue weighted by Crippen LogP contribution is -2.77. The Morgan fingerprint density at radius 1 is 0.806 bits per heavy atom. The Morgan fingerprint density at radius 2 is 1.39 bits per heavy atom. The fraction of sp³-hybridized carbons (Fsp3) is 0.936. The number of fused-ring (bicyclic) bond motifs is 5. The average molecular weight is 927 g/mol. The van der Waals surface area contributed by atoms with Gasteiger partial charge in [0, 0.05) is 30.4 Å². The highest BCUT2D eigenvalue weighted by Crippen LogP contribution is 2.72. The van der Waals surface area contributed by atoms with Crippen LogP contribution in [0.5, 0.6) is 0 Å². The molecule has 0 aromatic heterocycles. The van der Waals surface area contributed by atoms with Crippen molar-refractivity contribution in [2.45, 2.75) is 236 Å². The van der Waals surface area contributed by atoms with E-state index in [9.17, 15) is 30.3 Å². The molecule has 12 nitrogen and oxygen atoms in total. The van der Waals surface area contributed by atoms with E-state index in [0.717, 1.165) is 5.57 Å². The topological polar surface area (TPSA) is 174 Å². The Kier molecular flexibility index (Phi) is 13.4. The van der Waals surface area contributed by atoms with Gasteiger partial charge in [-0.05, 0) is 117 Å². The van der Waals surface area contributed by atoms with E-state index in [0.29, 0.717) is 32.1 Å². The lowest BCUT2D eigenvalue weighted by atomic mass is 9.40. The second-order valence-corrected chi connectivity index (χ2v) is 39.7. The summed E-state index contributed by atoms with van der Waals surface area (Å²) in [5.74, 6) is -1.49. The minimum atomic E-state index is -2.64. The van der Waals surface area contributed by atoms with Crippen molar-refractivity contribution >= 4 is 30.9 Å². The van der Waals surface area contributed by atoms with Crippen molar-refractivity contribution in [2.24, 2.45) is 28.6 Å². The largest absolute Gasteiger partial charge is 0.458 e. The van der Waals surface area contributed by atoms with Crippen molar-refractivity contribution in [3.8, 4) is 0 Å². The molecule has 2 aliphatic heterocycles. The lowest BCUT2D eigenvalue weighted by Gasteiger charge is -2.70. The molecule has 0 bridgehead atoms. The van der Waals surface area contributed by atoms with E-state index < -0.39 is 108 Å². The molecule has 0 amide bonds. The Hall–Kier alpha value is -0.539. The fourth-order valence-corrected chi connectivity index (χ4v) is 15.6. The number of rotatable bonds is 10. The van der Waals surface area contributed by atoms with Gasteiger partial charge in [-0.25, -0.2) is 4.79 Å². The van der Waals surface area contributed by atoms with Crippen molar-refractivity contribution in [3.05, 3.63) is 11.6 Å². The molecule has 0 aromatic rings. The molecule has 0 radical (unpaired) electrons. The van der Waals surface area contributed by atoms with Crippen LogP contribution in [0.15, 0.2) is 11.6 Å². The van der Waals surface area contributed by atoms with Crippen LogP contribution in [0.4, 0.5) is 0 Å². The van der Waals surface area contributed by atoms with Crippen molar-refractivity contribution in [1.82, 2.24) is 0 Å². The van der Waals surface area contributed by atoms with Crippen LogP contribution < -0.4 is 0 Å². The zero-order valence-electron chi connectivity index (χ0n) is 41.4. The highest BCUT2D eigenvalue weighted by atomic mass is 28.4. The average Bonchev–Trinajstić information content (AvgIpc) is 3.65. The van der Waals surface area contributed by atoms with E-state index in [1.165, 1.54) is 0 Å². The first-order valence-corrected chi connectivity index (χ1v) is 32.4. The van der Waals surface area contributed by atoms with E-state index in [1.54, 1.807) is 13.0 Å². The summed E-state index contributed by atoms with van der Waals surface area (Å²) in [5.41, 5.74) is -3.70. The molecule has 1 saturated heterocycles. The molecule has 5 N–H and O–H groups in total. The molecule has 2 heterocycles. The second kappa shape index (κ2) is 16.3. The number of aliphatic hydroxyl groups excluding tert-OH is 3. The van der Waals surface area contributed by atoms with Crippen LogP contribution in [-0.4, -0.2) is 130 Å². The maximum atomic E-state index is 13.8. The fourth-order valence-electron chi connectivity index (χ4n) is 11.9. The number of esters is 1. The quantitative estimate of drug-likeness (QED) is 0.0828. The molecule has 15 atom stereocenters.